The van der Waals surface area contributed by atoms with Crippen LogP contribution in [0.15, 0.2) is 47.4 Å². The Morgan fingerprint density at radius 3 is 2.78 bits per heavy atom. The maximum Gasteiger partial charge on any atom is 0.250 e. The van der Waals surface area contributed by atoms with Crippen LogP contribution in [0, 0.1) is 0 Å². The van der Waals surface area contributed by atoms with E-state index in [1.807, 2.05) is 0 Å². The van der Waals surface area contributed by atoms with Crippen molar-refractivity contribution in [2.75, 3.05) is 7.11 Å². The molecule has 0 N–H and O–H groups in total. The molecule has 0 fully saturated rings. The molecule has 4 nitrogen and oxygen atoms in total. The summed E-state index contributed by atoms with van der Waals surface area (Å²) in [7, 11) is 1.56. The third kappa shape index (κ3) is 2.48. The first-order chi connectivity index (χ1) is 8.74. The largest absolute Gasteiger partial charge is 0.496 e. The molecule has 4 heteroatoms. The lowest BCUT2D eigenvalue weighted by atomic mass is 10.1. The molecule has 0 saturated heterocycles. The van der Waals surface area contributed by atoms with Gasteiger partial charge in [-0.2, -0.15) is 0 Å². The Labute approximate surface area is 104 Å². The van der Waals surface area contributed by atoms with Crippen molar-refractivity contribution in [2.24, 2.45) is 0 Å². The molecule has 0 aliphatic heterocycles. The number of carbonyl (C=O) groups excluding carboxylic acids is 1. The molecule has 0 atom stereocenters. The third-order valence-electron chi connectivity index (χ3n) is 2.68. The van der Waals surface area contributed by atoms with Crippen molar-refractivity contribution in [3.8, 4) is 5.75 Å². The third-order valence-corrected chi connectivity index (χ3v) is 2.68. The zero-order valence-corrected chi connectivity index (χ0v) is 10.00. The minimum atomic E-state index is -0.0870. The number of methoxy groups -OCH3 is 1. The molecular weight excluding hydrogens is 230 g/mol. The van der Waals surface area contributed by atoms with E-state index in [-0.39, 0.29) is 5.56 Å². The molecule has 0 aliphatic carbocycles. The minimum Gasteiger partial charge on any atom is -0.496 e. The highest BCUT2D eigenvalue weighted by atomic mass is 16.5. The van der Waals surface area contributed by atoms with E-state index in [2.05, 4.69) is 0 Å². The van der Waals surface area contributed by atoms with Gasteiger partial charge >= 0.3 is 0 Å². The number of ether oxygens (including phenoxy) is 1. The lowest BCUT2D eigenvalue weighted by Crippen LogP contribution is -2.18. The van der Waals surface area contributed by atoms with Crippen molar-refractivity contribution in [1.29, 1.82) is 0 Å². The number of pyridine rings is 1. The van der Waals surface area contributed by atoms with Crippen molar-refractivity contribution >= 4 is 6.29 Å². The summed E-state index contributed by atoms with van der Waals surface area (Å²) >= 11 is 0. The summed E-state index contributed by atoms with van der Waals surface area (Å²) in [6, 6.07) is 10.1. The average molecular weight is 243 g/mol. The van der Waals surface area contributed by atoms with Gasteiger partial charge in [-0.1, -0.05) is 6.07 Å². The second-order valence-electron chi connectivity index (χ2n) is 3.86. The molecule has 1 aromatic heterocycles. The van der Waals surface area contributed by atoms with Crippen molar-refractivity contribution in [2.45, 2.75) is 6.54 Å². The molecule has 1 aromatic carbocycles. The Morgan fingerprint density at radius 2 is 2.11 bits per heavy atom. The smallest absolute Gasteiger partial charge is 0.250 e. The average Bonchev–Trinajstić information content (AvgIpc) is 2.41. The van der Waals surface area contributed by atoms with Gasteiger partial charge in [-0.3, -0.25) is 9.59 Å². The lowest BCUT2D eigenvalue weighted by molar-refractivity contribution is 0.112. The van der Waals surface area contributed by atoms with Gasteiger partial charge in [-0.05, 0) is 24.3 Å². The highest BCUT2D eigenvalue weighted by Crippen LogP contribution is 2.19. The number of aromatic nitrogens is 1. The summed E-state index contributed by atoms with van der Waals surface area (Å²) in [6.07, 6.45) is 2.48. The van der Waals surface area contributed by atoms with Crippen molar-refractivity contribution in [3.63, 3.8) is 0 Å². The van der Waals surface area contributed by atoms with Crippen LogP contribution in [0.1, 0.15) is 15.9 Å². The maximum atomic E-state index is 11.6. The van der Waals surface area contributed by atoms with Gasteiger partial charge in [0.15, 0.2) is 0 Å². The van der Waals surface area contributed by atoms with E-state index in [0.29, 0.717) is 17.9 Å². The molecule has 1 heterocycles. The number of benzene rings is 1. The van der Waals surface area contributed by atoms with Crippen LogP contribution in [0.3, 0.4) is 0 Å². The highest BCUT2D eigenvalue weighted by Gasteiger charge is 2.05. The van der Waals surface area contributed by atoms with Gasteiger partial charge in [0.25, 0.3) is 5.56 Å². The fourth-order valence-electron chi connectivity index (χ4n) is 1.77. The van der Waals surface area contributed by atoms with Gasteiger partial charge in [0.1, 0.15) is 12.0 Å². The second kappa shape index (κ2) is 5.31. The summed E-state index contributed by atoms with van der Waals surface area (Å²) in [5.41, 5.74) is 1.28. The Hall–Kier alpha value is -2.36. The first kappa shape index (κ1) is 12.1. The first-order valence-corrected chi connectivity index (χ1v) is 5.52. The molecule has 2 rings (SSSR count). The summed E-state index contributed by atoms with van der Waals surface area (Å²) in [5, 5.41) is 0. The Bertz CT molecular complexity index is 616. The zero-order valence-electron chi connectivity index (χ0n) is 10.00. The van der Waals surface area contributed by atoms with Crippen LogP contribution >= 0.6 is 0 Å². The molecular formula is C14H13NO3. The number of hydrogen-bond donors (Lipinski definition) is 0. The number of nitrogens with zero attached hydrogens (tertiary/aromatic N) is 1. The van der Waals surface area contributed by atoms with Crippen LogP contribution in [0.25, 0.3) is 0 Å². The van der Waals surface area contributed by atoms with Crippen molar-refractivity contribution in [1.82, 2.24) is 4.57 Å². The topological polar surface area (TPSA) is 48.3 Å². The van der Waals surface area contributed by atoms with E-state index < -0.39 is 0 Å². The molecule has 0 amide bonds. The Kier molecular flexibility index (Phi) is 3.57. The van der Waals surface area contributed by atoms with Gasteiger partial charge in [0.2, 0.25) is 0 Å². The molecule has 2 aromatic rings. The standard InChI is InChI=1S/C14H13NO3/c1-18-13-6-5-11(10-16)8-12(13)9-15-7-3-2-4-14(15)17/h2-8,10H,9H2,1H3. The number of carbonyl (C=O) groups is 1. The number of hydrogen-bond acceptors (Lipinski definition) is 3. The van der Waals surface area contributed by atoms with Gasteiger partial charge in [-0.15, -0.1) is 0 Å². The quantitative estimate of drug-likeness (QED) is 0.768. The molecule has 92 valence electrons. The van der Waals surface area contributed by atoms with E-state index in [9.17, 15) is 9.59 Å². The predicted octanol–water partition coefficient (Wildman–Crippen LogP) is 1.72. The molecule has 0 bridgehead atoms. The van der Waals surface area contributed by atoms with Crippen LogP contribution in [0.2, 0.25) is 0 Å². The summed E-state index contributed by atoms with van der Waals surface area (Å²) in [5.74, 6) is 0.663. The van der Waals surface area contributed by atoms with Gasteiger partial charge in [-0.25, -0.2) is 0 Å². The lowest BCUT2D eigenvalue weighted by Gasteiger charge is -2.10. The second-order valence-corrected chi connectivity index (χ2v) is 3.86. The molecule has 0 unspecified atom stereocenters. The van der Waals surface area contributed by atoms with E-state index in [4.69, 9.17) is 4.74 Å². The molecule has 18 heavy (non-hydrogen) atoms. The van der Waals surface area contributed by atoms with Crippen LogP contribution < -0.4 is 10.3 Å². The van der Waals surface area contributed by atoms with Crippen LogP contribution in [0.5, 0.6) is 5.75 Å². The van der Waals surface area contributed by atoms with E-state index in [1.54, 1.807) is 48.2 Å². The highest BCUT2D eigenvalue weighted by molar-refractivity contribution is 5.75. The monoisotopic (exact) mass is 243 g/mol. The summed E-state index contributed by atoms with van der Waals surface area (Å²) in [4.78, 5) is 22.4. The number of rotatable bonds is 4. The SMILES string of the molecule is COc1ccc(C=O)cc1Cn1ccccc1=O. The van der Waals surface area contributed by atoms with Crippen LogP contribution in [-0.2, 0) is 6.54 Å². The molecule has 0 aliphatic rings. The van der Waals surface area contributed by atoms with Gasteiger partial charge in [0, 0.05) is 23.4 Å². The number of aldehydes is 1. The fourth-order valence-corrected chi connectivity index (χ4v) is 1.77. The van der Waals surface area contributed by atoms with Crippen LogP contribution in [0.4, 0.5) is 0 Å². The minimum absolute atomic E-state index is 0.0870. The molecule has 0 spiro atoms. The molecule has 0 saturated carbocycles. The van der Waals surface area contributed by atoms with Gasteiger partial charge < -0.3 is 9.30 Å². The first-order valence-electron chi connectivity index (χ1n) is 5.52. The zero-order chi connectivity index (χ0) is 13.0. The predicted molar refractivity (Wildman–Crippen MR) is 68.2 cm³/mol. The van der Waals surface area contributed by atoms with Gasteiger partial charge in [0.05, 0.1) is 13.7 Å². The fraction of sp³-hybridized carbons (Fsp3) is 0.143. The molecule has 0 radical (unpaired) electrons. The Morgan fingerprint density at radius 1 is 1.28 bits per heavy atom. The van der Waals surface area contributed by atoms with Crippen molar-refractivity contribution < 1.29 is 9.53 Å². The summed E-state index contributed by atoms with van der Waals surface area (Å²) < 4.78 is 6.79. The normalized spacial score (nSPS) is 10.1. The van der Waals surface area contributed by atoms with Crippen molar-refractivity contribution in [3.05, 3.63) is 64.1 Å². The van der Waals surface area contributed by atoms with E-state index in [1.165, 1.54) is 6.07 Å². The Balaban J connectivity index is 2.41. The van der Waals surface area contributed by atoms with E-state index >= 15 is 0 Å². The maximum absolute atomic E-state index is 11.6. The van der Waals surface area contributed by atoms with Crippen LogP contribution in [-0.4, -0.2) is 18.0 Å². The van der Waals surface area contributed by atoms with E-state index in [0.717, 1.165) is 11.8 Å². The summed E-state index contributed by atoms with van der Waals surface area (Å²) in [6.45, 7) is 0.379.